The third-order valence-corrected chi connectivity index (χ3v) is 6.91. The van der Waals surface area contributed by atoms with Crippen molar-refractivity contribution in [2.45, 2.75) is 26.6 Å². The van der Waals surface area contributed by atoms with Crippen molar-refractivity contribution in [2.24, 2.45) is 0 Å². The van der Waals surface area contributed by atoms with Crippen LogP contribution in [0.3, 0.4) is 0 Å². The summed E-state index contributed by atoms with van der Waals surface area (Å²) in [5.74, 6) is 0.269. The molecule has 1 amide bonds. The van der Waals surface area contributed by atoms with Crippen LogP contribution in [0.4, 0.5) is 0 Å². The van der Waals surface area contributed by atoms with E-state index in [1.165, 1.54) is 5.56 Å². The standard InChI is InChI=1S/C33H28N6O2/c1-23-14-16-26(17-15-23)30-21-39(37-36-30)20-25-10-7-11-27(18-25)33(41)38(19-24-8-3-2-4-9-24)22-31-34-29-13-6-5-12-28(29)32(40)35-31/h2-18,21H,19-20,22H2,1H3,(H,34,35,40). The first-order valence-corrected chi connectivity index (χ1v) is 13.4. The Balaban J connectivity index is 1.26. The summed E-state index contributed by atoms with van der Waals surface area (Å²) >= 11 is 0. The number of hydrogen-bond acceptors (Lipinski definition) is 5. The molecule has 2 heterocycles. The fraction of sp³-hybridized carbons (Fsp3) is 0.121. The first kappa shape index (κ1) is 25.9. The first-order chi connectivity index (χ1) is 20.0. The van der Waals surface area contributed by atoms with Gasteiger partial charge in [-0.2, -0.15) is 0 Å². The monoisotopic (exact) mass is 540 g/mol. The summed E-state index contributed by atoms with van der Waals surface area (Å²) in [6.07, 6.45) is 1.91. The molecule has 0 spiro atoms. The number of para-hydroxylation sites is 1. The second-order valence-electron chi connectivity index (χ2n) is 10.0. The van der Waals surface area contributed by atoms with Crippen molar-refractivity contribution in [2.75, 3.05) is 0 Å². The van der Waals surface area contributed by atoms with Crippen LogP contribution < -0.4 is 5.56 Å². The molecule has 0 bridgehead atoms. The number of fused-ring (bicyclic) bond motifs is 1. The number of hydrogen-bond donors (Lipinski definition) is 1. The predicted molar refractivity (Wildman–Crippen MR) is 158 cm³/mol. The molecule has 6 rings (SSSR count). The van der Waals surface area contributed by atoms with E-state index >= 15 is 0 Å². The van der Waals surface area contributed by atoms with E-state index in [1.54, 1.807) is 33.8 Å². The lowest BCUT2D eigenvalue weighted by Crippen LogP contribution is -2.32. The Bertz CT molecular complexity index is 1880. The van der Waals surface area contributed by atoms with Crippen LogP contribution in [0.1, 0.15) is 32.9 Å². The molecule has 202 valence electrons. The molecule has 0 aliphatic carbocycles. The van der Waals surface area contributed by atoms with E-state index in [9.17, 15) is 9.59 Å². The highest BCUT2D eigenvalue weighted by atomic mass is 16.2. The minimum Gasteiger partial charge on any atom is -0.327 e. The van der Waals surface area contributed by atoms with Gasteiger partial charge in [0.15, 0.2) is 0 Å². The normalized spacial score (nSPS) is 11.0. The average Bonchev–Trinajstić information content (AvgIpc) is 3.46. The maximum atomic E-state index is 13.9. The minimum atomic E-state index is -0.224. The molecule has 41 heavy (non-hydrogen) atoms. The van der Waals surface area contributed by atoms with E-state index in [1.807, 2.05) is 92.0 Å². The van der Waals surface area contributed by atoms with Crippen molar-refractivity contribution in [3.05, 3.63) is 148 Å². The molecule has 0 unspecified atom stereocenters. The summed E-state index contributed by atoms with van der Waals surface area (Å²) < 4.78 is 1.77. The number of carbonyl (C=O) groups excluding carboxylic acids is 1. The first-order valence-electron chi connectivity index (χ1n) is 13.4. The van der Waals surface area contributed by atoms with Gasteiger partial charge in [0.25, 0.3) is 11.5 Å². The fourth-order valence-electron chi connectivity index (χ4n) is 4.80. The minimum absolute atomic E-state index is 0.154. The zero-order chi connectivity index (χ0) is 28.2. The molecular formula is C33H28N6O2. The number of aromatic amines is 1. The second kappa shape index (κ2) is 11.4. The Morgan fingerprint density at radius 3 is 2.44 bits per heavy atom. The van der Waals surface area contributed by atoms with Gasteiger partial charge in [-0.25, -0.2) is 9.67 Å². The summed E-state index contributed by atoms with van der Waals surface area (Å²) in [7, 11) is 0. The molecular weight excluding hydrogens is 512 g/mol. The van der Waals surface area contributed by atoms with E-state index < -0.39 is 0 Å². The smallest absolute Gasteiger partial charge is 0.258 e. The molecule has 0 aliphatic rings. The van der Waals surface area contributed by atoms with Gasteiger partial charge in [0.1, 0.15) is 11.5 Å². The summed E-state index contributed by atoms with van der Waals surface area (Å²) in [5.41, 5.74) is 5.80. The number of carbonyl (C=O) groups is 1. The molecule has 0 saturated carbocycles. The van der Waals surface area contributed by atoms with Gasteiger partial charge in [0.2, 0.25) is 0 Å². The van der Waals surface area contributed by atoms with Crippen LogP contribution in [0.2, 0.25) is 0 Å². The quantitative estimate of drug-likeness (QED) is 0.280. The summed E-state index contributed by atoms with van der Waals surface area (Å²) in [5, 5.41) is 9.13. The highest BCUT2D eigenvalue weighted by molar-refractivity contribution is 5.94. The van der Waals surface area contributed by atoms with Gasteiger partial charge < -0.3 is 9.88 Å². The highest BCUT2D eigenvalue weighted by Gasteiger charge is 2.19. The molecule has 1 N–H and O–H groups in total. The lowest BCUT2D eigenvalue weighted by Gasteiger charge is -2.23. The number of aromatic nitrogens is 5. The van der Waals surface area contributed by atoms with Gasteiger partial charge in [-0.3, -0.25) is 9.59 Å². The van der Waals surface area contributed by atoms with E-state index in [-0.39, 0.29) is 18.0 Å². The van der Waals surface area contributed by atoms with Crippen molar-refractivity contribution < 1.29 is 4.79 Å². The van der Waals surface area contributed by atoms with Gasteiger partial charge in [-0.1, -0.05) is 89.6 Å². The van der Waals surface area contributed by atoms with Crippen molar-refractivity contribution >= 4 is 16.8 Å². The molecule has 4 aromatic carbocycles. The van der Waals surface area contributed by atoms with Crippen molar-refractivity contribution in [3.8, 4) is 11.3 Å². The van der Waals surface area contributed by atoms with E-state index in [4.69, 9.17) is 0 Å². The highest BCUT2D eigenvalue weighted by Crippen LogP contribution is 2.19. The second-order valence-corrected chi connectivity index (χ2v) is 10.0. The van der Waals surface area contributed by atoms with Crippen molar-refractivity contribution in [1.29, 1.82) is 0 Å². The van der Waals surface area contributed by atoms with Crippen LogP contribution in [-0.4, -0.2) is 35.8 Å². The van der Waals surface area contributed by atoms with Crippen LogP contribution in [0, 0.1) is 6.92 Å². The van der Waals surface area contributed by atoms with E-state index in [2.05, 4.69) is 20.3 Å². The summed E-state index contributed by atoms with van der Waals surface area (Å²) in [6.45, 7) is 3.04. The van der Waals surface area contributed by atoms with Crippen LogP contribution in [-0.2, 0) is 19.6 Å². The summed E-state index contributed by atoms with van der Waals surface area (Å²) in [4.78, 5) is 35.8. The SMILES string of the molecule is Cc1ccc(-c2cn(Cc3cccc(C(=O)N(Cc4ccccc4)Cc4nc5ccccc5c(=O)[nH]4)c3)nn2)cc1. The van der Waals surface area contributed by atoms with Gasteiger partial charge >= 0.3 is 0 Å². The van der Waals surface area contributed by atoms with Crippen LogP contribution in [0.15, 0.2) is 114 Å². The Hall–Kier alpha value is -5.37. The Kier molecular flexibility index (Phi) is 7.19. The van der Waals surface area contributed by atoms with Crippen molar-refractivity contribution in [1.82, 2.24) is 29.9 Å². The number of nitrogens with one attached hydrogen (secondary N) is 1. The molecule has 0 aliphatic heterocycles. The fourth-order valence-corrected chi connectivity index (χ4v) is 4.80. The molecule has 2 aromatic heterocycles. The molecule has 6 aromatic rings. The van der Waals surface area contributed by atoms with E-state index in [0.29, 0.717) is 35.4 Å². The zero-order valence-electron chi connectivity index (χ0n) is 22.6. The van der Waals surface area contributed by atoms with Crippen LogP contribution in [0.25, 0.3) is 22.2 Å². The third kappa shape index (κ3) is 5.96. The number of aryl methyl sites for hydroxylation is 1. The van der Waals surface area contributed by atoms with Gasteiger partial charge in [-0.15, -0.1) is 5.10 Å². The number of amides is 1. The molecule has 8 nitrogen and oxygen atoms in total. The van der Waals surface area contributed by atoms with Crippen LogP contribution >= 0.6 is 0 Å². The Morgan fingerprint density at radius 1 is 0.854 bits per heavy atom. The summed E-state index contributed by atoms with van der Waals surface area (Å²) in [6, 6.07) is 32.6. The van der Waals surface area contributed by atoms with Gasteiger partial charge in [-0.05, 0) is 42.3 Å². The number of nitrogens with zero attached hydrogens (tertiary/aromatic N) is 5. The predicted octanol–water partition coefficient (Wildman–Crippen LogP) is 5.38. The van der Waals surface area contributed by atoms with Gasteiger partial charge in [0, 0.05) is 17.7 Å². The van der Waals surface area contributed by atoms with Gasteiger partial charge in [0.05, 0.1) is 30.2 Å². The number of H-pyrrole nitrogens is 1. The Labute approximate surface area is 236 Å². The zero-order valence-corrected chi connectivity index (χ0v) is 22.6. The van der Waals surface area contributed by atoms with Crippen molar-refractivity contribution in [3.63, 3.8) is 0 Å². The lowest BCUT2D eigenvalue weighted by atomic mass is 10.1. The third-order valence-electron chi connectivity index (χ3n) is 6.91. The average molecular weight is 541 g/mol. The largest absolute Gasteiger partial charge is 0.327 e. The lowest BCUT2D eigenvalue weighted by molar-refractivity contribution is 0.0725. The number of benzene rings is 4. The number of rotatable bonds is 8. The molecule has 8 heteroatoms. The molecule has 0 saturated heterocycles. The van der Waals surface area contributed by atoms with Crippen LogP contribution in [0.5, 0.6) is 0 Å². The van der Waals surface area contributed by atoms with E-state index in [0.717, 1.165) is 22.4 Å². The Morgan fingerprint density at radius 2 is 1.61 bits per heavy atom. The maximum absolute atomic E-state index is 13.9. The molecule has 0 radical (unpaired) electrons. The molecule has 0 atom stereocenters. The molecule has 0 fully saturated rings. The maximum Gasteiger partial charge on any atom is 0.258 e. The topological polar surface area (TPSA) is 96.8 Å².